The van der Waals surface area contributed by atoms with Gasteiger partial charge in [0.05, 0.1) is 6.04 Å². The Balaban J connectivity index is 1.97. The minimum atomic E-state index is -0.827. The number of cyclic esters (lactones) is 1. The molecule has 0 aliphatic carbocycles. The third kappa shape index (κ3) is 3.52. The molecule has 1 saturated heterocycles. The molecule has 1 N–H and O–H groups in total. The lowest BCUT2D eigenvalue weighted by atomic mass is 10.1. The number of ether oxygens (including phenoxy) is 1. The van der Waals surface area contributed by atoms with Gasteiger partial charge in [-0.3, -0.25) is 4.90 Å². The summed E-state index contributed by atoms with van der Waals surface area (Å²) in [5.41, 5.74) is 1.12. The van der Waals surface area contributed by atoms with Crippen molar-refractivity contribution in [2.24, 2.45) is 0 Å². The normalized spacial score (nSPS) is 19.5. The van der Waals surface area contributed by atoms with Gasteiger partial charge < -0.3 is 9.84 Å². The fourth-order valence-corrected chi connectivity index (χ4v) is 2.41. The van der Waals surface area contributed by atoms with Gasteiger partial charge in [-0.05, 0) is 24.8 Å². The molecule has 2 atom stereocenters. The number of unbranched alkanes of at least 4 members (excludes halogenated alkanes) is 1. The maximum Gasteiger partial charge on any atom is 0.412 e. The quantitative estimate of drug-likeness (QED) is 0.638. The van der Waals surface area contributed by atoms with Gasteiger partial charge in [0.1, 0.15) is 12.8 Å². The van der Waals surface area contributed by atoms with E-state index < -0.39 is 12.3 Å². The third-order valence-electron chi connectivity index (χ3n) is 3.42. The molecular formula is C16H19NO3. The van der Waals surface area contributed by atoms with Crippen LogP contribution in [0.2, 0.25) is 0 Å². The Bertz CT molecular complexity index is 480. The highest BCUT2D eigenvalue weighted by molar-refractivity contribution is 5.70. The van der Waals surface area contributed by atoms with Crippen LogP contribution < -0.4 is 0 Å². The van der Waals surface area contributed by atoms with Gasteiger partial charge in [0.2, 0.25) is 0 Å². The van der Waals surface area contributed by atoms with Gasteiger partial charge in [0, 0.05) is 6.42 Å². The van der Waals surface area contributed by atoms with Crippen LogP contribution in [0.15, 0.2) is 30.3 Å². The largest absolute Gasteiger partial charge is 0.447 e. The summed E-state index contributed by atoms with van der Waals surface area (Å²) in [4.78, 5) is 13.2. The Morgan fingerprint density at radius 1 is 1.45 bits per heavy atom. The predicted octanol–water partition coefficient (Wildman–Crippen LogP) is 2.17. The first kappa shape index (κ1) is 14.4. The van der Waals surface area contributed by atoms with E-state index in [0.717, 1.165) is 5.56 Å². The van der Waals surface area contributed by atoms with Gasteiger partial charge in [0.15, 0.2) is 0 Å². The monoisotopic (exact) mass is 273 g/mol. The number of rotatable bonds is 6. The molecule has 1 aliphatic rings. The summed E-state index contributed by atoms with van der Waals surface area (Å²) < 4.78 is 5.06. The molecule has 4 heteroatoms. The number of aliphatic hydroxyl groups is 1. The first-order chi connectivity index (χ1) is 9.72. The van der Waals surface area contributed by atoms with Gasteiger partial charge in [-0.1, -0.05) is 30.3 Å². The molecule has 1 aliphatic heterocycles. The summed E-state index contributed by atoms with van der Waals surface area (Å²) in [5.74, 6) is 2.53. The molecule has 1 aromatic carbocycles. The van der Waals surface area contributed by atoms with Crippen LogP contribution in [0.1, 0.15) is 24.8 Å². The van der Waals surface area contributed by atoms with Crippen molar-refractivity contribution >= 4 is 6.09 Å². The molecule has 1 aromatic rings. The second-order valence-electron chi connectivity index (χ2n) is 4.90. The standard InChI is InChI=1S/C16H19NO3/c1-2-3-5-10-15(18)17-14(12-20-16(17)19)11-13-8-6-4-7-9-13/h1,4,6-9,14-15,18H,3,5,10-12H2/t14-,15?/m0/s1. The Kier molecular flexibility index (Phi) is 5.03. The molecule has 1 amide bonds. The SMILES string of the molecule is C#CCCCC(O)N1C(=O)OC[C@@H]1Cc1ccccc1. The number of carbonyl (C=O) groups excluding carboxylic acids is 1. The second kappa shape index (κ2) is 6.97. The van der Waals surface area contributed by atoms with Crippen molar-refractivity contribution < 1.29 is 14.6 Å². The van der Waals surface area contributed by atoms with Crippen molar-refractivity contribution in [2.75, 3.05) is 6.61 Å². The molecule has 0 aromatic heterocycles. The summed E-state index contributed by atoms with van der Waals surface area (Å²) in [6, 6.07) is 9.76. The summed E-state index contributed by atoms with van der Waals surface area (Å²) in [6.07, 6.45) is 6.37. The van der Waals surface area contributed by atoms with Gasteiger partial charge in [0.25, 0.3) is 0 Å². The zero-order valence-corrected chi connectivity index (χ0v) is 11.4. The highest BCUT2D eigenvalue weighted by Crippen LogP contribution is 2.21. The Morgan fingerprint density at radius 2 is 2.20 bits per heavy atom. The molecule has 1 unspecified atom stereocenters. The molecule has 106 valence electrons. The first-order valence-electron chi connectivity index (χ1n) is 6.83. The lowest BCUT2D eigenvalue weighted by Gasteiger charge is -2.26. The van der Waals surface area contributed by atoms with Crippen molar-refractivity contribution in [3.05, 3.63) is 35.9 Å². The van der Waals surface area contributed by atoms with Crippen molar-refractivity contribution in [3.8, 4) is 12.3 Å². The molecule has 0 saturated carbocycles. The Hall–Kier alpha value is -1.99. The molecule has 0 spiro atoms. The number of amides is 1. The molecule has 4 nitrogen and oxygen atoms in total. The van der Waals surface area contributed by atoms with Crippen LogP contribution in [0.25, 0.3) is 0 Å². The maximum atomic E-state index is 11.8. The number of hydrogen-bond acceptors (Lipinski definition) is 3. The molecule has 2 rings (SSSR count). The predicted molar refractivity (Wildman–Crippen MR) is 75.8 cm³/mol. The van der Waals surface area contributed by atoms with Crippen LogP contribution in [-0.4, -0.2) is 35.0 Å². The van der Waals surface area contributed by atoms with E-state index in [1.54, 1.807) is 0 Å². The number of aliphatic hydroxyl groups excluding tert-OH is 1. The van der Waals surface area contributed by atoms with E-state index in [0.29, 0.717) is 32.3 Å². The second-order valence-corrected chi connectivity index (χ2v) is 4.90. The van der Waals surface area contributed by atoms with Crippen LogP contribution >= 0.6 is 0 Å². The van der Waals surface area contributed by atoms with Crippen molar-refractivity contribution in [1.29, 1.82) is 0 Å². The van der Waals surface area contributed by atoms with Crippen molar-refractivity contribution in [3.63, 3.8) is 0 Å². The fraction of sp³-hybridized carbons (Fsp3) is 0.438. The van der Waals surface area contributed by atoms with E-state index in [9.17, 15) is 9.90 Å². The van der Waals surface area contributed by atoms with Crippen LogP contribution in [0.3, 0.4) is 0 Å². The summed E-state index contributed by atoms with van der Waals surface area (Å²) in [7, 11) is 0. The number of benzene rings is 1. The lowest BCUT2D eigenvalue weighted by Crippen LogP contribution is -2.43. The summed E-state index contributed by atoms with van der Waals surface area (Å²) in [6.45, 7) is 0.319. The van der Waals surface area contributed by atoms with Crippen LogP contribution in [0.5, 0.6) is 0 Å². The lowest BCUT2D eigenvalue weighted by molar-refractivity contribution is 0.0125. The Morgan fingerprint density at radius 3 is 2.90 bits per heavy atom. The number of carbonyl (C=O) groups is 1. The van der Waals surface area contributed by atoms with Crippen LogP contribution in [-0.2, 0) is 11.2 Å². The molecule has 0 radical (unpaired) electrons. The van der Waals surface area contributed by atoms with E-state index in [2.05, 4.69) is 5.92 Å². The number of nitrogens with zero attached hydrogens (tertiary/aromatic N) is 1. The van der Waals surface area contributed by atoms with Gasteiger partial charge in [-0.2, -0.15) is 0 Å². The number of hydrogen-bond donors (Lipinski definition) is 1. The summed E-state index contributed by atoms with van der Waals surface area (Å²) >= 11 is 0. The molecule has 1 heterocycles. The molecule has 20 heavy (non-hydrogen) atoms. The zero-order valence-electron chi connectivity index (χ0n) is 11.4. The van der Waals surface area contributed by atoms with Crippen molar-refractivity contribution in [1.82, 2.24) is 4.90 Å². The van der Waals surface area contributed by atoms with Gasteiger partial charge >= 0.3 is 6.09 Å². The average molecular weight is 273 g/mol. The highest BCUT2D eigenvalue weighted by Gasteiger charge is 2.37. The molecular weight excluding hydrogens is 254 g/mol. The molecule has 1 fully saturated rings. The van der Waals surface area contributed by atoms with E-state index >= 15 is 0 Å². The zero-order chi connectivity index (χ0) is 14.4. The van der Waals surface area contributed by atoms with Gasteiger partial charge in [-0.15, -0.1) is 12.3 Å². The van der Waals surface area contributed by atoms with Gasteiger partial charge in [-0.25, -0.2) is 4.79 Å². The average Bonchev–Trinajstić information content (AvgIpc) is 2.81. The van der Waals surface area contributed by atoms with Crippen LogP contribution in [0, 0.1) is 12.3 Å². The van der Waals surface area contributed by atoms with Crippen molar-refractivity contribution in [2.45, 2.75) is 38.0 Å². The van der Waals surface area contributed by atoms with E-state index in [1.807, 2.05) is 30.3 Å². The highest BCUT2D eigenvalue weighted by atomic mass is 16.6. The third-order valence-corrected chi connectivity index (χ3v) is 3.42. The minimum absolute atomic E-state index is 0.120. The topological polar surface area (TPSA) is 49.8 Å². The summed E-state index contributed by atoms with van der Waals surface area (Å²) in [5, 5.41) is 10.2. The van der Waals surface area contributed by atoms with Crippen LogP contribution in [0.4, 0.5) is 4.79 Å². The van der Waals surface area contributed by atoms with E-state index in [4.69, 9.17) is 11.2 Å². The fourth-order valence-electron chi connectivity index (χ4n) is 2.41. The number of terminal acetylenes is 1. The minimum Gasteiger partial charge on any atom is -0.447 e. The van der Waals surface area contributed by atoms with E-state index in [1.165, 1.54) is 4.90 Å². The van der Waals surface area contributed by atoms with E-state index in [-0.39, 0.29) is 6.04 Å². The Labute approximate surface area is 119 Å². The smallest absolute Gasteiger partial charge is 0.412 e. The first-order valence-corrected chi connectivity index (χ1v) is 6.83. The molecule has 0 bridgehead atoms. The maximum absolute atomic E-state index is 11.8.